The van der Waals surface area contributed by atoms with Gasteiger partial charge in [0.1, 0.15) is 0 Å². The second-order valence-electron chi connectivity index (χ2n) is 7.88. The molecule has 0 aromatic heterocycles. The van der Waals surface area contributed by atoms with Gasteiger partial charge in [-0.2, -0.15) is 0 Å². The zero-order chi connectivity index (χ0) is 17.6. The Bertz CT molecular complexity index is 502. The number of hydrogen-bond donors (Lipinski definition) is 0. The van der Waals surface area contributed by atoms with Gasteiger partial charge in [-0.1, -0.05) is 30.3 Å². The van der Waals surface area contributed by atoms with E-state index < -0.39 is 0 Å². The molecular formula is C20H32N2O2. The van der Waals surface area contributed by atoms with Gasteiger partial charge < -0.3 is 14.5 Å². The maximum Gasteiger partial charge on any atom is 0.410 e. The van der Waals surface area contributed by atoms with Crippen molar-refractivity contribution in [2.75, 3.05) is 33.3 Å². The Balaban J connectivity index is 1.86. The van der Waals surface area contributed by atoms with Crippen molar-refractivity contribution in [3.05, 3.63) is 35.9 Å². The predicted octanol–water partition coefficient (Wildman–Crippen LogP) is 3.81. The smallest absolute Gasteiger partial charge is 0.410 e. The van der Waals surface area contributed by atoms with Gasteiger partial charge in [0.05, 0.1) is 6.61 Å². The first-order valence-electron chi connectivity index (χ1n) is 9.03. The van der Waals surface area contributed by atoms with E-state index in [1.54, 1.807) is 0 Å². The molecule has 0 bridgehead atoms. The number of carbonyl (C=O) groups excluding carboxylic acids is 1. The Hall–Kier alpha value is -1.55. The maximum absolute atomic E-state index is 12.6. The number of hydrogen-bond acceptors (Lipinski definition) is 3. The van der Waals surface area contributed by atoms with Crippen molar-refractivity contribution >= 4 is 6.09 Å². The van der Waals surface area contributed by atoms with Gasteiger partial charge in [0.2, 0.25) is 0 Å². The lowest BCUT2D eigenvalue weighted by atomic mass is 9.98. The van der Waals surface area contributed by atoms with E-state index in [0.29, 0.717) is 19.1 Å². The molecule has 1 aromatic carbocycles. The highest BCUT2D eigenvalue weighted by Crippen LogP contribution is 2.19. The first-order valence-corrected chi connectivity index (χ1v) is 9.03. The van der Waals surface area contributed by atoms with Crippen molar-refractivity contribution in [1.29, 1.82) is 0 Å². The first-order chi connectivity index (χ1) is 11.4. The minimum absolute atomic E-state index is 0.183. The monoisotopic (exact) mass is 332 g/mol. The average molecular weight is 332 g/mol. The van der Waals surface area contributed by atoms with E-state index in [1.807, 2.05) is 23.1 Å². The fraction of sp³-hybridized carbons (Fsp3) is 0.650. The van der Waals surface area contributed by atoms with Crippen LogP contribution in [0.1, 0.15) is 39.2 Å². The van der Waals surface area contributed by atoms with Gasteiger partial charge in [-0.3, -0.25) is 0 Å². The second-order valence-corrected chi connectivity index (χ2v) is 7.88. The first kappa shape index (κ1) is 18.8. The summed E-state index contributed by atoms with van der Waals surface area (Å²) in [6, 6.07) is 10.3. The molecule has 0 spiro atoms. The number of benzene rings is 1. The van der Waals surface area contributed by atoms with Crippen LogP contribution in [0.3, 0.4) is 0 Å². The van der Waals surface area contributed by atoms with Gasteiger partial charge in [-0.05, 0) is 71.7 Å². The molecule has 1 heterocycles. The third-order valence-corrected chi connectivity index (χ3v) is 4.78. The molecule has 4 nitrogen and oxygen atoms in total. The average Bonchev–Trinajstić information content (AvgIpc) is 2.54. The summed E-state index contributed by atoms with van der Waals surface area (Å²) < 4.78 is 5.66. The van der Waals surface area contributed by atoms with Gasteiger partial charge >= 0.3 is 6.09 Å². The topological polar surface area (TPSA) is 32.8 Å². The van der Waals surface area contributed by atoms with E-state index in [0.717, 1.165) is 32.4 Å². The highest BCUT2D eigenvalue weighted by Gasteiger charge is 2.28. The molecular weight excluding hydrogens is 300 g/mol. The van der Waals surface area contributed by atoms with Crippen LogP contribution in [0.5, 0.6) is 0 Å². The van der Waals surface area contributed by atoms with E-state index in [2.05, 4.69) is 44.9 Å². The molecule has 24 heavy (non-hydrogen) atoms. The number of carbonyl (C=O) groups is 1. The van der Waals surface area contributed by atoms with Gasteiger partial charge in [-0.15, -0.1) is 0 Å². The van der Waals surface area contributed by atoms with Crippen LogP contribution in [0.25, 0.3) is 0 Å². The van der Waals surface area contributed by atoms with Crippen molar-refractivity contribution in [2.45, 2.75) is 45.6 Å². The van der Waals surface area contributed by atoms with Crippen LogP contribution in [0.2, 0.25) is 0 Å². The largest absolute Gasteiger partial charge is 0.449 e. The highest BCUT2D eigenvalue weighted by atomic mass is 16.6. The number of rotatable bonds is 5. The molecule has 0 N–H and O–H groups in total. The fourth-order valence-electron chi connectivity index (χ4n) is 3.08. The van der Waals surface area contributed by atoms with Crippen LogP contribution in [0.4, 0.5) is 4.79 Å². The fourth-order valence-corrected chi connectivity index (χ4v) is 3.08. The zero-order valence-electron chi connectivity index (χ0n) is 15.6. The zero-order valence-corrected chi connectivity index (χ0v) is 15.6. The third kappa shape index (κ3) is 5.82. The number of ether oxygens (including phenoxy) is 1. The lowest BCUT2D eigenvalue weighted by Crippen LogP contribution is -2.47. The van der Waals surface area contributed by atoms with Gasteiger partial charge in [0, 0.05) is 12.1 Å². The minimum atomic E-state index is -0.237. The lowest BCUT2D eigenvalue weighted by molar-refractivity contribution is 0.0485. The number of piperidine rings is 1. The van der Waals surface area contributed by atoms with E-state index in [-0.39, 0.29) is 11.6 Å². The molecule has 1 amide bonds. The summed E-state index contributed by atoms with van der Waals surface area (Å²) in [4.78, 5) is 16.8. The molecule has 0 aliphatic carbocycles. The number of likely N-dealkylation sites (tertiary alicyclic amines) is 1. The van der Waals surface area contributed by atoms with Crippen LogP contribution >= 0.6 is 0 Å². The third-order valence-electron chi connectivity index (χ3n) is 4.78. The van der Waals surface area contributed by atoms with Gasteiger partial charge in [0.15, 0.2) is 0 Å². The van der Waals surface area contributed by atoms with E-state index in [9.17, 15) is 4.79 Å². The summed E-state index contributed by atoms with van der Waals surface area (Å²) in [5.41, 5.74) is 1.01. The standard InChI is InChI=1S/C20H32N2O2/c1-20(2,3)22(15-12-17-8-6-5-7-9-17)19(23)24-16-18-10-13-21(4)14-11-18/h5-9,18H,10-16H2,1-4H3. The van der Waals surface area contributed by atoms with Crippen molar-refractivity contribution in [3.63, 3.8) is 0 Å². The molecule has 2 rings (SSSR count). The molecule has 1 aliphatic rings. The second kappa shape index (κ2) is 8.52. The molecule has 1 fully saturated rings. The Morgan fingerprint density at radius 1 is 1.21 bits per heavy atom. The van der Waals surface area contributed by atoms with E-state index >= 15 is 0 Å². The Morgan fingerprint density at radius 2 is 1.83 bits per heavy atom. The molecule has 0 radical (unpaired) electrons. The SMILES string of the molecule is CN1CCC(COC(=O)N(CCc2ccccc2)C(C)(C)C)CC1. The van der Waals surface area contributed by atoms with Crippen LogP contribution in [-0.2, 0) is 11.2 Å². The predicted molar refractivity (Wildman–Crippen MR) is 98.2 cm³/mol. The summed E-state index contributed by atoms with van der Waals surface area (Å²) in [5, 5.41) is 0. The maximum atomic E-state index is 12.6. The minimum Gasteiger partial charge on any atom is -0.449 e. The summed E-state index contributed by atoms with van der Waals surface area (Å²) in [7, 11) is 2.15. The Morgan fingerprint density at radius 3 is 2.42 bits per heavy atom. The Kier molecular flexibility index (Phi) is 6.67. The Labute approximate surface area is 146 Å². The molecule has 134 valence electrons. The molecule has 1 aromatic rings. The van der Waals surface area contributed by atoms with Crippen molar-refractivity contribution in [2.24, 2.45) is 5.92 Å². The molecule has 0 saturated carbocycles. The van der Waals surface area contributed by atoms with Crippen molar-refractivity contribution in [3.8, 4) is 0 Å². The summed E-state index contributed by atoms with van der Waals surface area (Å²) >= 11 is 0. The van der Waals surface area contributed by atoms with E-state index in [1.165, 1.54) is 5.56 Å². The normalized spacial score (nSPS) is 16.8. The van der Waals surface area contributed by atoms with Gasteiger partial charge in [0.25, 0.3) is 0 Å². The van der Waals surface area contributed by atoms with Crippen LogP contribution in [0.15, 0.2) is 30.3 Å². The summed E-state index contributed by atoms with van der Waals surface area (Å²) in [6.07, 6.45) is 2.89. The molecule has 4 heteroatoms. The van der Waals surface area contributed by atoms with Crippen molar-refractivity contribution in [1.82, 2.24) is 9.80 Å². The number of amides is 1. The highest BCUT2D eigenvalue weighted by molar-refractivity contribution is 5.68. The quantitative estimate of drug-likeness (QED) is 0.822. The lowest BCUT2D eigenvalue weighted by Gasteiger charge is -2.36. The van der Waals surface area contributed by atoms with Crippen LogP contribution in [-0.4, -0.2) is 54.7 Å². The summed E-state index contributed by atoms with van der Waals surface area (Å²) in [6.45, 7) is 9.61. The van der Waals surface area contributed by atoms with E-state index in [4.69, 9.17) is 4.74 Å². The summed E-state index contributed by atoms with van der Waals surface area (Å²) in [5.74, 6) is 0.501. The molecule has 0 unspecified atom stereocenters. The van der Waals surface area contributed by atoms with Crippen LogP contribution < -0.4 is 0 Å². The molecule has 1 saturated heterocycles. The molecule has 0 atom stereocenters. The van der Waals surface area contributed by atoms with Gasteiger partial charge in [-0.25, -0.2) is 4.79 Å². The number of nitrogens with zero attached hydrogens (tertiary/aromatic N) is 2. The van der Waals surface area contributed by atoms with Crippen molar-refractivity contribution < 1.29 is 9.53 Å². The molecule has 1 aliphatic heterocycles. The van der Waals surface area contributed by atoms with Crippen LogP contribution in [0, 0.1) is 5.92 Å².